The van der Waals surface area contributed by atoms with E-state index in [1.807, 2.05) is 6.07 Å². The maximum Gasteiger partial charge on any atom is 0.324 e. The van der Waals surface area contributed by atoms with Gasteiger partial charge in [-0.2, -0.15) is 0 Å². The third-order valence-corrected chi connectivity index (χ3v) is 4.70. The molecule has 3 rings (SSSR count). The summed E-state index contributed by atoms with van der Waals surface area (Å²) < 4.78 is 0. The van der Waals surface area contributed by atoms with Gasteiger partial charge in [0, 0.05) is 12.1 Å². The fourth-order valence-electron chi connectivity index (χ4n) is 3.27. The molecule has 0 radical (unpaired) electrons. The summed E-state index contributed by atoms with van der Waals surface area (Å²) in [5, 5.41) is 8.82. The number of halogens is 1. The van der Waals surface area contributed by atoms with Crippen LogP contribution in [0.25, 0.3) is 0 Å². The van der Waals surface area contributed by atoms with Gasteiger partial charge in [-0.3, -0.25) is 14.5 Å². The van der Waals surface area contributed by atoms with E-state index in [1.54, 1.807) is 18.2 Å². The zero-order valence-corrected chi connectivity index (χ0v) is 15.4. The molecule has 2 fully saturated rings. The number of carbonyl (C=O) groups is 3. The van der Waals surface area contributed by atoms with Crippen LogP contribution in [0.2, 0.25) is 0 Å². The number of carbonyl (C=O) groups excluding carboxylic acids is 3. The highest BCUT2D eigenvalue weighted by atomic mass is 35.5. The Morgan fingerprint density at radius 1 is 1.31 bits per heavy atom. The van der Waals surface area contributed by atoms with E-state index in [0.717, 1.165) is 30.0 Å². The van der Waals surface area contributed by atoms with E-state index in [-0.39, 0.29) is 43.3 Å². The van der Waals surface area contributed by atoms with Crippen molar-refractivity contribution < 1.29 is 14.4 Å². The lowest BCUT2D eigenvalue weighted by atomic mass is 9.96. The summed E-state index contributed by atoms with van der Waals surface area (Å²) in [4.78, 5) is 36.7. The Morgan fingerprint density at radius 3 is 2.85 bits per heavy atom. The molecule has 2 heterocycles. The molecule has 2 aliphatic rings. The Morgan fingerprint density at radius 2 is 2.15 bits per heavy atom. The van der Waals surface area contributed by atoms with Crippen LogP contribution >= 0.6 is 12.4 Å². The summed E-state index contributed by atoms with van der Waals surface area (Å²) in [5.74, 6) is 0.254. The molecule has 26 heavy (non-hydrogen) atoms. The normalized spacial score (nSPS) is 19.7. The number of nitrogens with zero attached hydrogens (tertiary/aromatic N) is 1. The van der Waals surface area contributed by atoms with Gasteiger partial charge in [0.1, 0.15) is 0 Å². The minimum absolute atomic E-state index is 0. The van der Waals surface area contributed by atoms with Crippen molar-refractivity contribution in [1.82, 2.24) is 20.9 Å². The van der Waals surface area contributed by atoms with Gasteiger partial charge in [-0.05, 0) is 56.0 Å². The largest absolute Gasteiger partial charge is 0.352 e. The maximum absolute atomic E-state index is 12.3. The molecule has 1 unspecified atom stereocenters. The summed E-state index contributed by atoms with van der Waals surface area (Å²) in [5.41, 5.74) is 1.31. The Labute approximate surface area is 159 Å². The Kier molecular flexibility index (Phi) is 7.41. The van der Waals surface area contributed by atoms with Gasteiger partial charge in [0.2, 0.25) is 5.91 Å². The van der Waals surface area contributed by atoms with Crippen molar-refractivity contribution in [2.24, 2.45) is 5.92 Å². The van der Waals surface area contributed by atoms with Gasteiger partial charge in [-0.15, -0.1) is 12.4 Å². The van der Waals surface area contributed by atoms with Crippen LogP contribution in [0, 0.1) is 5.92 Å². The molecule has 0 aromatic heterocycles. The molecule has 2 aliphatic heterocycles. The van der Waals surface area contributed by atoms with Gasteiger partial charge in [-0.1, -0.05) is 12.1 Å². The monoisotopic (exact) mass is 380 g/mol. The quantitative estimate of drug-likeness (QED) is 0.648. The predicted octanol–water partition coefficient (Wildman–Crippen LogP) is 1.28. The molecule has 1 atom stereocenters. The van der Waals surface area contributed by atoms with E-state index >= 15 is 0 Å². The van der Waals surface area contributed by atoms with Crippen LogP contribution in [0.1, 0.15) is 35.2 Å². The topological polar surface area (TPSA) is 90.5 Å². The summed E-state index contributed by atoms with van der Waals surface area (Å²) >= 11 is 0. The molecule has 0 bridgehead atoms. The van der Waals surface area contributed by atoms with Crippen molar-refractivity contribution in [2.45, 2.75) is 25.8 Å². The zero-order valence-electron chi connectivity index (χ0n) is 14.6. The Balaban J connectivity index is 0.00000243. The highest BCUT2D eigenvalue weighted by molar-refractivity contribution is 6.02. The third kappa shape index (κ3) is 5.19. The smallest absolute Gasteiger partial charge is 0.324 e. The number of hydrogen-bond donors (Lipinski definition) is 3. The molecule has 8 heteroatoms. The van der Waals surface area contributed by atoms with E-state index in [2.05, 4.69) is 16.0 Å². The molecule has 0 spiro atoms. The highest BCUT2D eigenvalue weighted by Crippen LogP contribution is 2.14. The summed E-state index contributed by atoms with van der Waals surface area (Å²) in [6.45, 7) is 2.99. The number of imide groups is 1. The lowest BCUT2D eigenvalue weighted by Gasteiger charge is -2.22. The van der Waals surface area contributed by atoms with Crippen LogP contribution in [0.4, 0.5) is 4.79 Å². The fourth-order valence-corrected chi connectivity index (χ4v) is 3.27. The first-order valence-electron chi connectivity index (χ1n) is 8.79. The molecule has 3 N–H and O–H groups in total. The second kappa shape index (κ2) is 9.54. The highest BCUT2D eigenvalue weighted by Gasteiger charge is 2.28. The van der Waals surface area contributed by atoms with Crippen molar-refractivity contribution in [3.8, 4) is 0 Å². The fraction of sp³-hybridized carbons (Fsp3) is 0.500. The Bertz CT molecular complexity index is 646. The lowest BCUT2D eigenvalue weighted by Crippen LogP contribution is -2.33. The second-order valence-corrected chi connectivity index (χ2v) is 6.60. The Hall–Kier alpha value is -2.12. The molecular weight excluding hydrogens is 356 g/mol. The standard InChI is InChI=1S/C18H24N4O3.ClH/c23-16-11-21-18(25)22(16)12-14-3-1-5-15(9-14)17(24)20-8-6-13-4-2-7-19-10-13;/h1,3,5,9,13,19H,2,4,6-8,10-12H2,(H,20,24)(H,21,25);1H. The van der Waals surface area contributed by atoms with Gasteiger partial charge < -0.3 is 16.0 Å². The molecule has 7 nitrogen and oxygen atoms in total. The van der Waals surface area contributed by atoms with Crippen LogP contribution in [-0.4, -0.2) is 48.9 Å². The van der Waals surface area contributed by atoms with Crippen molar-refractivity contribution in [2.75, 3.05) is 26.2 Å². The van der Waals surface area contributed by atoms with E-state index in [9.17, 15) is 14.4 Å². The summed E-state index contributed by atoms with van der Waals surface area (Å²) in [6.07, 6.45) is 3.38. The zero-order chi connectivity index (χ0) is 17.6. The first-order chi connectivity index (χ1) is 12.1. The second-order valence-electron chi connectivity index (χ2n) is 6.60. The van der Waals surface area contributed by atoms with Gasteiger partial charge in [0.25, 0.3) is 5.91 Å². The average molecular weight is 381 g/mol. The van der Waals surface area contributed by atoms with Gasteiger partial charge in [0.15, 0.2) is 0 Å². The first kappa shape index (κ1) is 20.2. The van der Waals surface area contributed by atoms with E-state index in [1.165, 1.54) is 12.8 Å². The SMILES string of the molecule is Cl.O=C(NCCC1CCCNC1)c1cccc(CN2C(=O)CNC2=O)c1. The first-order valence-corrected chi connectivity index (χ1v) is 8.79. The molecule has 4 amide bonds. The van der Waals surface area contributed by atoms with Gasteiger partial charge in [0.05, 0.1) is 13.1 Å². The van der Waals surface area contributed by atoms with Crippen LogP contribution in [0.15, 0.2) is 24.3 Å². The lowest BCUT2D eigenvalue weighted by molar-refractivity contribution is -0.125. The van der Waals surface area contributed by atoms with Crippen LogP contribution in [0.5, 0.6) is 0 Å². The number of nitrogens with one attached hydrogen (secondary N) is 3. The van der Waals surface area contributed by atoms with Gasteiger partial charge in [-0.25, -0.2) is 4.79 Å². The predicted molar refractivity (Wildman–Crippen MR) is 100 cm³/mol. The van der Waals surface area contributed by atoms with Crippen molar-refractivity contribution in [1.29, 1.82) is 0 Å². The summed E-state index contributed by atoms with van der Waals surface area (Å²) in [6, 6.07) is 6.67. The minimum Gasteiger partial charge on any atom is -0.352 e. The van der Waals surface area contributed by atoms with Crippen molar-refractivity contribution >= 4 is 30.3 Å². The van der Waals surface area contributed by atoms with Crippen LogP contribution in [-0.2, 0) is 11.3 Å². The molecule has 142 valence electrons. The third-order valence-electron chi connectivity index (χ3n) is 4.70. The number of piperidine rings is 1. The number of hydrogen-bond acceptors (Lipinski definition) is 4. The van der Waals surface area contributed by atoms with Crippen molar-refractivity contribution in [3.63, 3.8) is 0 Å². The molecule has 1 aromatic rings. The molecule has 0 saturated carbocycles. The number of benzene rings is 1. The van der Waals surface area contributed by atoms with Gasteiger partial charge >= 0.3 is 6.03 Å². The number of urea groups is 1. The number of rotatable bonds is 6. The maximum atomic E-state index is 12.3. The van der Waals surface area contributed by atoms with E-state index in [0.29, 0.717) is 18.0 Å². The average Bonchev–Trinajstić information content (AvgIpc) is 2.95. The molecular formula is C18H25ClN4O3. The van der Waals surface area contributed by atoms with Crippen molar-refractivity contribution in [3.05, 3.63) is 35.4 Å². The minimum atomic E-state index is -0.388. The summed E-state index contributed by atoms with van der Waals surface area (Å²) in [7, 11) is 0. The molecule has 0 aliphatic carbocycles. The van der Waals surface area contributed by atoms with E-state index in [4.69, 9.17) is 0 Å². The number of amides is 4. The molecule has 2 saturated heterocycles. The van der Waals surface area contributed by atoms with Crippen LogP contribution < -0.4 is 16.0 Å². The molecule has 1 aromatic carbocycles. The van der Waals surface area contributed by atoms with Crippen LogP contribution in [0.3, 0.4) is 0 Å². The van der Waals surface area contributed by atoms with E-state index < -0.39 is 0 Å².